The van der Waals surface area contributed by atoms with Gasteiger partial charge in [-0.1, -0.05) is 34.1 Å². The Morgan fingerprint density at radius 3 is 2.65 bits per heavy atom. The van der Waals surface area contributed by atoms with E-state index >= 15 is 0 Å². The van der Waals surface area contributed by atoms with Gasteiger partial charge in [-0.2, -0.15) is 0 Å². The Labute approximate surface area is 109 Å². The summed E-state index contributed by atoms with van der Waals surface area (Å²) in [6.07, 6.45) is 5.11. The average Bonchev–Trinajstić information content (AvgIpc) is 2.84. The van der Waals surface area contributed by atoms with Gasteiger partial charge in [-0.25, -0.2) is 0 Å². The van der Waals surface area contributed by atoms with Gasteiger partial charge in [0.1, 0.15) is 0 Å². The molecule has 90 valence electrons. The first kappa shape index (κ1) is 12.4. The Morgan fingerprint density at radius 2 is 2.00 bits per heavy atom. The van der Waals surface area contributed by atoms with E-state index in [0.717, 1.165) is 22.9 Å². The molecule has 0 aliphatic carbocycles. The van der Waals surface area contributed by atoms with E-state index in [0.29, 0.717) is 0 Å². The van der Waals surface area contributed by atoms with Crippen LogP contribution in [0.15, 0.2) is 51.7 Å². The number of hydrogen-bond acceptors (Lipinski definition) is 2. The lowest BCUT2D eigenvalue weighted by Crippen LogP contribution is -2.12. The number of hydrogen-bond donors (Lipinski definition) is 1. The van der Waals surface area contributed by atoms with E-state index in [1.807, 2.05) is 24.3 Å². The van der Waals surface area contributed by atoms with Crippen LogP contribution in [0.2, 0.25) is 0 Å². The van der Waals surface area contributed by atoms with Crippen molar-refractivity contribution >= 4 is 15.9 Å². The second-order valence-electron chi connectivity index (χ2n) is 4.18. The molecule has 2 nitrogen and oxygen atoms in total. The van der Waals surface area contributed by atoms with Crippen LogP contribution in [0.25, 0.3) is 0 Å². The molecule has 3 heteroatoms. The highest BCUT2D eigenvalue weighted by atomic mass is 79.9. The van der Waals surface area contributed by atoms with Gasteiger partial charge in [-0.15, -0.1) is 0 Å². The van der Waals surface area contributed by atoms with Gasteiger partial charge < -0.3 is 9.52 Å². The highest BCUT2D eigenvalue weighted by Gasteiger charge is 2.12. The summed E-state index contributed by atoms with van der Waals surface area (Å²) in [5, 5.41) is 9.43. The third-order valence-electron chi connectivity index (χ3n) is 2.83. The highest BCUT2D eigenvalue weighted by molar-refractivity contribution is 9.10. The number of aliphatic hydroxyl groups excluding tert-OH is 1. The maximum absolute atomic E-state index is 9.43. The van der Waals surface area contributed by atoms with Crippen LogP contribution in [-0.4, -0.2) is 11.7 Å². The molecule has 1 aromatic carbocycles. The van der Waals surface area contributed by atoms with Gasteiger partial charge in [0.05, 0.1) is 12.5 Å². The van der Waals surface area contributed by atoms with Gasteiger partial charge in [-0.05, 0) is 42.0 Å². The molecule has 0 radical (unpaired) electrons. The monoisotopic (exact) mass is 294 g/mol. The third-order valence-corrected chi connectivity index (χ3v) is 3.60. The largest absolute Gasteiger partial charge is 0.472 e. The first-order valence-electron chi connectivity index (χ1n) is 5.65. The fraction of sp³-hybridized carbons (Fsp3) is 0.286. The lowest BCUT2D eigenvalue weighted by atomic mass is 9.94. The van der Waals surface area contributed by atoms with Gasteiger partial charge in [0.25, 0.3) is 0 Å². The van der Waals surface area contributed by atoms with Crippen molar-refractivity contribution in [1.29, 1.82) is 0 Å². The van der Waals surface area contributed by atoms with Crippen LogP contribution in [-0.2, 0) is 12.8 Å². The second-order valence-corrected chi connectivity index (χ2v) is 5.03. The van der Waals surface area contributed by atoms with Crippen molar-refractivity contribution in [2.24, 2.45) is 5.92 Å². The minimum atomic E-state index is 0.187. The summed E-state index contributed by atoms with van der Waals surface area (Å²) < 4.78 is 6.15. The van der Waals surface area contributed by atoms with Gasteiger partial charge >= 0.3 is 0 Å². The summed E-state index contributed by atoms with van der Waals surface area (Å²) in [5.74, 6) is 0.228. The molecule has 1 atom stereocenters. The lowest BCUT2D eigenvalue weighted by molar-refractivity contribution is 0.224. The predicted molar refractivity (Wildman–Crippen MR) is 70.8 cm³/mol. The molecule has 0 aliphatic rings. The van der Waals surface area contributed by atoms with Crippen molar-refractivity contribution in [2.75, 3.05) is 6.61 Å². The van der Waals surface area contributed by atoms with Crippen LogP contribution in [0.1, 0.15) is 11.1 Å². The van der Waals surface area contributed by atoms with Crippen LogP contribution < -0.4 is 0 Å². The van der Waals surface area contributed by atoms with Gasteiger partial charge in [0, 0.05) is 11.1 Å². The van der Waals surface area contributed by atoms with Gasteiger partial charge in [0.2, 0.25) is 0 Å². The molecule has 1 heterocycles. The molecule has 17 heavy (non-hydrogen) atoms. The normalized spacial score (nSPS) is 12.6. The summed E-state index contributed by atoms with van der Waals surface area (Å²) in [5.41, 5.74) is 2.37. The predicted octanol–water partition coefficient (Wildman–Crippen LogP) is 3.44. The summed E-state index contributed by atoms with van der Waals surface area (Å²) in [4.78, 5) is 0. The Kier molecular flexibility index (Phi) is 4.40. The topological polar surface area (TPSA) is 33.4 Å². The third kappa shape index (κ3) is 3.45. The van der Waals surface area contributed by atoms with E-state index in [2.05, 4.69) is 22.0 Å². The summed E-state index contributed by atoms with van der Waals surface area (Å²) in [6, 6.07) is 10.1. The van der Waals surface area contributed by atoms with Crippen molar-refractivity contribution in [3.05, 3.63) is 58.5 Å². The number of halogens is 1. The van der Waals surface area contributed by atoms with E-state index in [9.17, 15) is 5.11 Å². The van der Waals surface area contributed by atoms with Crippen molar-refractivity contribution in [1.82, 2.24) is 0 Å². The maximum Gasteiger partial charge on any atom is 0.0934 e. The van der Waals surface area contributed by atoms with E-state index in [1.165, 1.54) is 5.56 Å². The quantitative estimate of drug-likeness (QED) is 0.916. The summed E-state index contributed by atoms with van der Waals surface area (Å²) in [7, 11) is 0. The fourth-order valence-electron chi connectivity index (χ4n) is 1.92. The molecule has 0 aliphatic heterocycles. The number of rotatable bonds is 5. The SMILES string of the molecule is OCC(Cc1ccoc1)Cc1ccccc1Br. The van der Waals surface area contributed by atoms with Gasteiger partial charge in [-0.3, -0.25) is 0 Å². The summed E-state index contributed by atoms with van der Waals surface area (Å²) >= 11 is 3.53. The van der Waals surface area contributed by atoms with E-state index < -0.39 is 0 Å². The molecule has 1 unspecified atom stereocenters. The molecular weight excluding hydrogens is 280 g/mol. The standard InChI is InChI=1S/C14H15BrO2/c15-14-4-2-1-3-13(14)8-12(9-16)7-11-5-6-17-10-11/h1-6,10,12,16H,7-9H2. The zero-order chi connectivity index (χ0) is 12.1. The maximum atomic E-state index is 9.43. The average molecular weight is 295 g/mol. The Bertz CT molecular complexity index is 451. The van der Waals surface area contributed by atoms with Crippen LogP contribution in [0.3, 0.4) is 0 Å². The lowest BCUT2D eigenvalue weighted by Gasteiger charge is -2.14. The van der Waals surface area contributed by atoms with Gasteiger partial charge in [0.15, 0.2) is 0 Å². The van der Waals surface area contributed by atoms with Crippen LogP contribution in [0.5, 0.6) is 0 Å². The van der Waals surface area contributed by atoms with Crippen molar-refractivity contribution in [3.63, 3.8) is 0 Å². The number of benzene rings is 1. The van der Waals surface area contributed by atoms with Crippen molar-refractivity contribution in [3.8, 4) is 0 Å². The molecule has 0 saturated carbocycles. The Balaban J connectivity index is 2.03. The first-order chi connectivity index (χ1) is 8.29. The van der Waals surface area contributed by atoms with E-state index in [1.54, 1.807) is 12.5 Å². The van der Waals surface area contributed by atoms with E-state index in [-0.39, 0.29) is 12.5 Å². The molecule has 2 aromatic rings. The Hall–Kier alpha value is -1.06. The molecule has 1 N–H and O–H groups in total. The van der Waals surface area contributed by atoms with Crippen LogP contribution in [0, 0.1) is 5.92 Å². The number of furan rings is 1. The molecule has 0 amide bonds. The minimum absolute atomic E-state index is 0.187. The molecule has 0 saturated heterocycles. The van der Waals surface area contributed by atoms with E-state index in [4.69, 9.17) is 4.42 Å². The fourth-order valence-corrected chi connectivity index (χ4v) is 2.36. The Morgan fingerprint density at radius 1 is 1.18 bits per heavy atom. The second kappa shape index (κ2) is 6.03. The van der Waals surface area contributed by atoms with Crippen molar-refractivity contribution < 1.29 is 9.52 Å². The molecule has 1 aromatic heterocycles. The molecule has 2 rings (SSSR count). The van der Waals surface area contributed by atoms with Crippen LogP contribution in [0.4, 0.5) is 0 Å². The smallest absolute Gasteiger partial charge is 0.0934 e. The van der Waals surface area contributed by atoms with Crippen LogP contribution >= 0.6 is 15.9 Å². The molecule has 0 bridgehead atoms. The zero-order valence-electron chi connectivity index (χ0n) is 9.47. The minimum Gasteiger partial charge on any atom is -0.472 e. The zero-order valence-corrected chi connectivity index (χ0v) is 11.1. The summed E-state index contributed by atoms with van der Waals surface area (Å²) in [6.45, 7) is 0.187. The van der Waals surface area contributed by atoms with Crippen molar-refractivity contribution in [2.45, 2.75) is 12.8 Å². The molecule has 0 fully saturated rings. The molecular formula is C14H15BrO2. The highest BCUT2D eigenvalue weighted by Crippen LogP contribution is 2.21. The number of aliphatic hydroxyl groups is 1. The first-order valence-corrected chi connectivity index (χ1v) is 6.44. The molecule has 0 spiro atoms.